The van der Waals surface area contributed by atoms with Crippen molar-refractivity contribution in [2.75, 3.05) is 0 Å². The van der Waals surface area contributed by atoms with Gasteiger partial charge in [0, 0.05) is 10.9 Å². The summed E-state index contributed by atoms with van der Waals surface area (Å²) in [6, 6.07) is 4.28. The van der Waals surface area contributed by atoms with Crippen molar-refractivity contribution in [1.29, 1.82) is 5.26 Å². The van der Waals surface area contributed by atoms with Gasteiger partial charge in [0.05, 0.1) is 0 Å². The number of aryl methyl sites for hydroxylation is 2. The quantitative estimate of drug-likeness (QED) is 0.626. The number of nitriles is 1. The van der Waals surface area contributed by atoms with Crippen LogP contribution < -0.4 is 4.98 Å². The van der Waals surface area contributed by atoms with E-state index in [4.69, 9.17) is 5.26 Å². The van der Waals surface area contributed by atoms with Crippen molar-refractivity contribution in [3.63, 3.8) is 0 Å². The lowest BCUT2D eigenvalue weighted by atomic mass is 10.1. The first-order chi connectivity index (χ1) is 6.22. The highest BCUT2D eigenvalue weighted by Gasteiger charge is 2.11. The molecule has 2 rings (SSSR count). The van der Waals surface area contributed by atoms with E-state index in [1.54, 1.807) is 17.5 Å². The lowest BCUT2D eigenvalue weighted by molar-refractivity contribution is -0.344. The maximum absolute atomic E-state index is 8.82. The zero-order valence-corrected chi connectivity index (χ0v) is 8.33. The number of H-pyrrole nitrogens is 1. The molecule has 0 aliphatic rings. The van der Waals surface area contributed by atoms with Gasteiger partial charge in [0.2, 0.25) is 5.52 Å². The normalized spacial score (nSPS) is 10.2. The van der Waals surface area contributed by atoms with E-state index < -0.39 is 0 Å². The van der Waals surface area contributed by atoms with E-state index in [1.165, 1.54) is 9.58 Å². The van der Waals surface area contributed by atoms with Crippen LogP contribution in [0.2, 0.25) is 0 Å². The first-order valence-corrected chi connectivity index (χ1v) is 4.85. The zero-order valence-electron chi connectivity index (χ0n) is 7.51. The van der Waals surface area contributed by atoms with Gasteiger partial charge in [-0.2, -0.15) is 5.26 Å². The lowest BCUT2D eigenvalue weighted by Crippen LogP contribution is -2.03. The minimum Gasteiger partial charge on any atom is -0.209 e. The minimum absolute atomic E-state index is 0.731. The molecule has 1 N–H and O–H groups in total. The Morgan fingerprint density at radius 2 is 2.23 bits per heavy atom. The Labute approximate surface area is 80.5 Å². The monoisotopic (exact) mass is 189 g/mol. The highest BCUT2D eigenvalue weighted by atomic mass is 32.1. The van der Waals surface area contributed by atoms with E-state index in [9.17, 15) is 0 Å². The molecule has 0 atom stereocenters. The van der Waals surface area contributed by atoms with Crippen molar-refractivity contribution >= 4 is 21.6 Å². The van der Waals surface area contributed by atoms with E-state index in [1.807, 2.05) is 6.92 Å². The number of fused-ring (bicyclic) bond motifs is 1. The van der Waals surface area contributed by atoms with Gasteiger partial charge in [0.1, 0.15) is 16.3 Å². The molecule has 0 aliphatic heterocycles. The van der Waals surface area contributed by atoms with E-state index in [2.05, 4.69) is 24.0 Å². The van der Waals surface area contributed by atoms with E-state index in [0.29, 0.717) is 0 Å². The van der Waals surface area contributed by atoms with Crippen molar-refractivity contribution in [2.24, 2.45) is 0 Å². The standard InChI is InChI=1S/C10H8N2S/c1-6-3-9-10(13-6)7(2)8(4-11)5-12-9/h3,5H,1-2H3/p+1. The summed E-state index contributed by atoms with van der Waals surface area (Å²) >= 11 is 1.73. The Morgan fingerprint density at radius 3 is 2.92 bits per heavy atom. The summed E-state index contributed by atoms with van der Waals surface area (Å²) in [6.45, 7) is 4.06. The molecule has 0 aliphatic carbocycles. The molecule has 13 heavy (non-hydrogen) atoms. The maximum Gasteiger partial charge on any atom is 0.222 e. The van der Waals surface area contributed by atoms with Crippen LogP contribution in [0.1, 0.15) is 16.0 Å². The molecule has 0 spiro atoms. The molecule has 2 aromatic heterocycles. The van der Waals surface area contributed by atoms with Crippen LogP contribution in [0, 0.1) is 25.2 Å². The van der Waals surface area contributed by atoms with Crippen LogP contribution in [-0.4, -0.2) is 0 Å². The summed E-state index contributed by atoms with van der Waals surface area (Å²) in [5.74, 6) is 0. The molecule has 0 amide bonds. The molecule has 0 radical (unpaired) electrons. The van der Waals surface area contributed by atoms with Gasteiger partial charge >= 0.3 is 0 Å². The van der Waals surface area contributed by atoms with Crippen LogP contribution in [0.4, 0.5) is 0 Å². The summed E-state index contributed by atoms with van der Waals surface area (Å²) in [6.07, 6.45) is 1.77. The zero-order chi connectivity index (χ0) is 9.42. The van der Waals surface area contributed by atoms with Crippen LogP contribution in [-0.2, 0) is 0 Å². The second-order valence-corrected chi connectivity index (χ2v) is 4.30. The molecular weight excluding hydrogens is 180 g/mol. The Bertz CT molecular complexity index is 505. The molecule has 2 heterocycles. The summed E-state index contributed by atoms with van der Waals surface area (Å²) < 4.78 is 1.19. The Hall–Kier alpha value is -1.40. The molecule has 0 aromatic carbocycles. The van der Waals surface area contributed by atoms with Crippen LogP contribution in [0.15, 0.2) is 12.3 Å². The number of nitrogens with one attached hydrogen (secondary N) is 1. The predicted octanol–water partition coefficient (Wildman–Crippen LogP) is 2.20. The topological polar surface area (TPSA) is 37.9 Å². The van der Waals surface area contributed by atoms with E-state index in [-0.39, 0.29) is 0 Å². The SMILES string of the molecule is Cc1cc2[nH+]cc(C#N)c(C)c2s1. The number of rotatable bonds is 0. The second-order valence-electron chi connectivity index (χ2n) is 3.04. The second kappa shape index (κ2) is 2.82. The molecule has 0 unspecified atom stereocenters. The molecule has 2 nitrogen and oxygen atoms in total. The van der Waals surface area contributed by atoms with Gasteiger partial charge in [0.15, 0.2) is 6.20 Å². The van der Waals surface area contributed by atoms with E-state index >= 15 is 0 Å². The molecule has 0 bridgehead atoms. The number of hydrogen-bond acceptors (Lipinski definition) is 2. The third kappa shape index (κ3) is 1.20. The molecule has 3 heteroatoms. The van der Waals surface area contributed by atoms with Gasteiger partial charge in [0.25, 0.3) is 0 Å². The maximum atomic E-state index is 8.82. The number of aromatic nitrogens is 1. The van der Waals surface area contributed by atoms with Crippen LogP contribution in [0.5, 0.6) is 0 Å². The van der Waals surface area contributed by atoms with Gasteiger partial charge in [-0.3, -0.25) is 0 Å². The molecule has 0 saturated carbocycles. The Balaban J connectivity index is 2.87. The first kappa shape index (κ1) is 8.21. The average Bonchev–Trinajstić information content (AvgIpc) is 2.47. The summed E-state index contributed by atoms with van der Waals surface area (Å²) in [4.78, 5) is 4.39. The Kier molecular flexibility index (Phi) is 1.78. The highest BCUT2D eigenvalue weighted by Crippen LogP contribution is 2.25. The fraction of sp³-hybridized carbons (Fsp3) is 0.200. The van der Waals surface area contributed by atoms with Crippen LogP contribution >= 0.6 is 11.3 Å². The van der Waals surface area contributed by atoms with Gasteiger partial charge < -0.3 is 0 Å². The van der Waals surface area contributed by atoms with E-state index in [0.717, 1.165) is 16.6 Å². The summed E-state index contributed by atoms with van der Waals surface area (Å²) in [5, 5.41) is 8.82. The summed E-state index contributed by atoms with van der Waals surface area (Å²) in [7, 11) is 0. The van der Waals surface area contributed by atoms with Crippen molar-refractivity contribution in [2.45, 2.75) is 13.8 Å². The lowest BCUT2D eigenvalue weighted by Gasteiger charge is -1.91. The van der Waals surface area contributed by atoms with Gasteiger partial charge in [-0.1, -0.05) is 0 Å². The number of nitrogens with zero attached hydrogens (tertiary/aromatic N) is 1. The number of aromatic amines is 1. The number of thiophene rings is 1. The van der Waals surface area contributed by atoms with Crippen molar-refractivity contribution in [3.05, 3.63) is 28.3 Å². The fourth-order valence-corrected chi connectivity index (χ4v) is 2.39. The largest absolute Gasteiger partial charge is 0.222 e. The third-order valence-electron chi connectivity index (χ3n) is 2.09. The predicted molar refractivity (Wildman–Crippen MR) is 52.6 cm³/mol. The molecule has 2 aromatic rings. The summed E-state index contributed by atoms with van der Waals surface area (Å²) in [5.41, 5.74) is 2.93. The Morgan fingerprint density at radius 1 is 1.46 bits per heavy atom. The van der Waals surface area contributed by atoms with Crippen molar-refractivity contribution < 1.29 is 4.98 Å². The van der Waals surface area contributed by atoms with Crippen LogP contribution in [0.25, 0.3) is 10.2 Å². The van der Waals surface area contributed by atoms with Gasteiger partial charge in [-0.25, -0.2) is 4.98 Å². The fourth-order valence-electron chi connectivity index (χ4n) is 1.40. The molecular formula is C10H9N2S+. The number of pyridine rings is 1. The van der Waals surface area contributed by atoms with Crippen molar-refractivity contribution in [3.8, 4) is 6.07 Å². The van der Waals surface area contributed by atoms with Crippen molar-refractivity contribution in [1.82, 2.24) is 0 Å². The molecule has 0 fully saturated rings. The number of hydrogen-bond donors (Lipinski definition) is 0. The molecule has 64 valence electrons. The molecule has 0 saturated heterocycles. The van der Waals surface area contributed by atoms with Crippen LogP contribution in [0.3, 0.4) is 0 Å². The smallest absolute Gasteiger partial charge is 0.209 e. The first-order valence-electron chi connectivity index (χ1n) is 4.04. The highest BCUT2D eigenvalue weighted by molar-refractivity contribution is 7.19. The average molecular weight is 189 g/mol. The van der Waals surface area contributed by atoms with Gasteiger partial charge in [-0.15, -0.1) is 11.3 Å². The third-order valence-corrected chi connectivity index (χ3v) is 3.26. The van der Waals surface area contributed by atoms with Gasteiger partial charge in [-0.05, 0) is 19.4 Å². The minimum atomic E-state index is 0.731.